The Balaban J connectivity index is 0.000000189. The zero-order chi connectivity index (χ0) is 7.78. The second-order valence-corrected chi connectivity index (χ2v) is 1.91. The summed E-state index contributed by atoms with van der Waals surface area (Å²) in [6.45, 7) is 0. The summed E-state index contributed by atoms with van der Waals surface area (Å²) in [7, 11) is 0. The van der Waals surface area contributed by atoms with Gasteiger partial charge in [-0.05, 0) is 24.3 Å². The van der Waals surface area contributed by atoms with Gasteiger partial charge in [0, 0.05) is 44.9 Å². The first-order chi connectivity index (χ1) is 5.50. The number of nitrogens with zero attached hydrogens (tertiary/aromatic N) is 1. The van der Waals surface area contributed by atoms with Crippen LogP contribution in [0.15, 0.2) is 55.1 Å². The molecule has 0 bridgehead atoms. The second kappa shape index (κ2) is 8.18. The fraction of sp³-hybridized carbons (Fsp3) is 0. The van der Waals surface area contributed by atoms with Crippen molar-refractivity contribution in [3.63, 3.8) is 0 Å². The number of aromatic nitrogens is 2. The van der Waals surface area contributed by atoms with Crippen molar-refractivity contribution < 1.29 is 20.1 Å². The third-order valence-corrected chi connectivity index (χ3v) is 1.06. The topological polar surface area (TPSA) is 28.7 Å². The van der Waals surface area contributed by atoms with E-state index in [2.05, 4.69) is 9.97 Å². The van der Waals surface area contributed by atoms with Crippen molar-refractivity contribution in [2.45, 2.75) is 0 Å². The number of pyridine rings is 1. The van der Waals surface area contributed by atoms with E-state index in [4.69, 9.17) is 0 Å². The molecule has 65 valence electrons. The average Bonchev–Trinajstić information content (AvgIpc) is 2.64. The summed E-state index contributed by atoms with van der Waals surface area (Å²) in [6.07, 6.45) is 7.25. The number of aromatic amines is 1. The minimum atomic E-state index is 0. The van der Waals surface area contributed by atoms with Crippen LogP contribution in [0.1, 0.15) is 0 Å². The maximum Gasteiger partial charge on any atom is 0.0267 e. The van der Waals surface area contributed by atoms with Gasteiger partial charge in [0.2, 0.25) is 0 Å². The predicted molar refractivity (Wildman–Crippen MR) is 45.0 cm³/mol. The van der Waals surface area contributed by atoms with Crippen molar-refractivity contribution in [1.82, 2.24) is 9.97 Å². The van der Waals surface area contributed by atoms with Crippen molar-refractivity contribution >= 4 is 0 Å². The summed E-state index contributed by atoms with van der Waals surface area (Å²) in [5.41, 5.74) is 0. The number of rotatable bonds is 0. The molecule has 3 heteroatoms. The van der Waals surface area contributed by atoms with Crippen LogP contribution in [0.4, 0.5) is 0 Å². The van der Waals surface area contributed by atoms with E-state index in [0.717, 1.165) is 0 Å². The molecule has 0 amide bonds. The van der Waals surface area contributed by atoms with E-state index in [9.17, 15) is 0 Å². The molecule has 0 aliphatic heterocycles. The normalized spacial score (nSPS) is 7.33. The van der Waals surface area contributed by atoms with Crippen LogP contribution in [0.3, 0.4) is 0 Å². The van der Waals surface area contributed by atoms with Crippen LogP contribution in [0.2, 0.25) is 0 Å². The van der Waals surface area contributed by atoms with E-state index in [1.807, 2.05) is 42.7 Å². The van der Waals surface area contributed by atoms with E-state index < -0.39 is 0 Å². The van der Waals surface area contributed by atoms with Gasteiger partial charge in [-0.25, -0.2) is 0 Å². The second-order valence-electron chi connectivity index (χ2n) is 1.91. The molecule has 0 aliphatic rings. The largest absolute Gasteiger partial charge is 0.368 e. The van der Waals surface area contributed by atoms with E-state index in [1.54, 1.807) is 12.4 Å². The van der Waals surface area contributed by atoms with Crippen molar-refractivity contribution in [3.8, 4) is 0 Å². The molecule has 0 aliphatic carbocycles. The molecule has 0 unspecified atom stereocenters. The molecule has 1 N–H and O–H groups in total. The van der Waals surface area contributed by atoms with Crippen LogP contribution >= 0.6 is 0 Å². The molecule has 1 radical (unpaired) electrons. The van der Waals surface area contributed by atoms with E-state index >= 15 is 0 Å². The van der Waals surface area contributed by atoms with Gasteiger partial charge in [0.05, 0.1) is 0 Å². The molecule has 0 fully saturated rings. The molecular weight excluding hydrogens is 328 g/mol. The fourth-order valence-electron chi connectivity index (χ4n) is 0.590. The van der Waals surface area contributed by atoms with Crippen LogP contribution in [0.25, 0.3) is 0 Å². The van der Waals surface area contributed by atoms with Gasteiger partial charge < -0.3 is 4.98 Å². The molecule has 2 heterocycles. The summed E-state index contributed by atoms with van der Waals surface area (Å²) >= 11 is 0. The summed E-state index contributed by atoms with van der Waals surface area (Å²) in [5.74, 6) is 0. The van der Waals surface area contributed by atoms with Crippen molar-refractivity contribution in [3.05, 3.63) is 55.1 Å². The van der Waals surface area contributed by atoms with Crippen molar-refractivity contribution in [2.24, 2.45) is 0 Å². The van der Waals surface area contributed by atoms with Gasteiger partial charge in [0.1, 0.15) is 0 Å². The van der Waals surface area contributed by atoms with E-state index in [-0.39, 0.29) is 20.1 Å². The molecule has 0 atom stereocenters. The Morgan fingerprint density at radius 3 is 1.50 bits per heavy atom. The van der Waals surface area contributed by atoms with Crippen LogP contribution in [0.5, 0.6) is 0 Å². The van der Waals surface area contributed by atoms with Gasteiger partial charge in [0.25, 0.3) is 0 Å². The van der Waals surface area contributed by atoms with Gasteiger partial charge in [-0.2, -0.15) is 0 Å². The van der Waals surface area contributed by atoms with Gasteiger partial charge in [0.15, 0.2) is 0 Å². The van der Waals surface area contributed by atoms with Crippen LogP contribution < -0.4 is 0 Å². The van der Waals surface area contributed by atoms with Crippen molar-refractivity contribution in [2.75, 3.05) is 0 Å². The number of H-pyrrole nitrogens is 1. The van der Waals surface area contributed by atoms with Crippen LogP contribution in [-0.2, 0) is 20.1 Å². The third-order valence-electron chi connectivity index (χ3n) is 1.06. The maximum absolute atomic E-state index is 3.78. The van der Waals surface area contributed by atoms with Gasteiger partial charge in [-0.15, -0.1) is 0 Å². The number of hydrogen-bond acceptors (Lipinski definition) is 1. The smallest absolute Gasteiger partial charge is 0.0267 e. The van der Waals surface area contributed by atoms with E-state index in [0.29, 0.717) is 0 Å². The Kier molecular flexibility index (Phi) is 7.55. The predicted octanol–water partition coefficient (Wildman–Crippen LogP) is 2.09. The third kappa shape index (κ3) is 5.83. The summed E-state index contributed by atoms with van der Waals surface area (Å²) < 4.78 is 0. The van der Waals surface area contributed by atoms with Gasteiger partial charge in [-0.1, -0.05) is 6.07 Å². The molecule has 0 spiro atoms. The molecule has 0 saturated heterocycles. The average molecular weight is 338 g/mol. The van der Waals surface area contributed by atoms with Gasteiger partial charge >= 0.3 is 0 Å². The molecular formula is C9H10IrN2. The first-order valence-corrected chi connectivity index (χ1v) is 3.43. The molecule has 0 saturated carbocycles. The first-order valence-electron chi connectivity index (χ1n) is 3.43. The minimum absolute atomic E-state index is 0. The number of nitrogens with one attached hydrogen (secondary N) is 1. The monoisotopic (exact) mass is 339 g/mol. The minimum Gasteiger partial charge on any atom is -0.368 e. The van der Waals surface area contributed by atoms with Gasteiger partial charge in [-0.3, -0.25) is 4.98 Å². The molecule has 2 nitrogen and oxygen atoms in total. The molecule has 0 aromatic carbocycles. The van der Waals surface area contributed by atoms with E-state index in [1.165, 1.54) is 0 Å². The summed E-state index contributed by atoms with van der Waals surface area (Å²) in [4.78, 5) is 6.65. The SMILES string of the molecule is [Ir].c1cc[nH]c1.c1ccncc1. The fourth-order valence-corrected chi connectivity index (χ4v) is 0.590. The summed E-state index contributed by atoms with van der Waals surface area (Å²) in [5, 5.41) is 0. The van der Waals surface area contributed by atoms with Crippen LogP contribution in [-0.4, -0.2) is 9.97 Å². The Morgan fingerprint density at radius 2 is 1.33 bits per heavy atom. The quantitative estimate of drug-likeness (QED) is 0.783. The maximum atomic E-state index is 3.78. The molecule has 2 aromatic rings. The molecule has 2 rings (SSSR count). The number of hydrogen-bond donors (Lipinski definition) is 1. The molecule has 12 heavy (non-hydrogen) atoms. The molecule has 2 aromatic heterocycles. The Labute approximate surface area is 85.4 Å². The van der Waals surface area contributed by atoms with Crippen molar-refractivity contribution in [1.29, 1.82) is 0 Å². The van der Waals surface area contributed by atoms with Crippen LogP contribution in [0, 0.1) is 0 Å². The first kappa shape index (κ1) is 11.1. The Morgan fingerprint density at radius 1 is 0.750 bits per heavy atom. The standard InChI is InChI=1S/C5H5N.C4H5N.Ir/c1-2-4-6-5-3-1;1-2-4-5-3-1;/h1-5H;1-5H;. The Hall–Kier alpha value is -0.921. The summed E-state index contributed by atoms with van der Waals surface area (Å²) in [6, 6.07) is 9.60. The zero-order valence-corrected chi connectivity index (χ0v) is 8.87. The zero-order valence-electron chi connectivity index (χ0n) is 6.48. The Bertz CT molecular complexity index is 198.